The number of nitrogens with zero attached hydrogens (tertiary/aromatic N) is 1. The Hall–Kier alpha value is -3.26. The molecule has 1 aliphatic heterocycles. The summed E-state index contributed by atoms with van der Waals surface area (Å²) in [5, 5.41) is 12.5. The van der Waals surface area contributed by atoms with Crippen LogP contribution >= 0.6 is 0 Å². The second-order valence-electron chi connectivity index (χ2n) is 8.98. The summed E-state index contributed by atoms with van der Waals surface area (Å²) in [4.78, 5) is 13.0. The second kappa shape index (κ2) is 8.47. The van der Waals surface area contributed by atoms with Gasteiger partial charge in [-0.2, -0.15) is 5.26 Å². The van der Waals surface area contributed by atoms with Gasteiger partial charge in [0, 0.05) is 28.4 Å². The summed E-state index contributed by atoms with van der Waals surface area (Å²) in [6, 6.07) is 12.8. The zero-order chi connectivity index (χ0) is 22.0. The Balaban J connectivity index is 1.72. The molecule has 0 spiro atoms. The third-order valence-electron chi connectivity index (χ3n) is 5.95. The van der Waals surface area contributed by atoms with E-state index < -0.39 is 0 Å². The molecular formula is C26H28N2O3. The van der Waals surface area contributed by atoms with Gasteiger partial charge in [0.2, 0.25) is 0 Å². The van der Waals surface area contributed by atoms with Crippen LogP contribution in [0.25, 0.3) is 5.70 Å². The van der Waals surface area contributed by atoms with E-state index in [9.17, 15) is 4.79 Å². The minimum Gasteiger partial charge on any atom is -0.493 e. The number of carbonyl (C=O) groups excluding carboxylic acids is 1. The lowest BCUT2D eigenvalue weighted by Crippen LogP contribution is -2.43. The van der Waals surface area contributed by atoms with Gasteiger partial charge in [-0.15, -0.1) is 0 Å². The molecule has 0 aromatic heterocycles. The standard InChI is InChI=1S/C26H28N2O3/c1-26(2)15-19-12-24(30-3)25(31-20-6-4-5-7-20)13-21(19)22(28-26)14-23(29)18-10-8-17(16-27)9-11-18/h8-14,20,28H,4-7,15H2,1-3H3/b22-14-. The molecule has 31 heavy (non-hydrogen) atoms. The van der Waals surface area contributed by atoms with Crippen molar-refractivity contribution >= 4 is 11.5 Å². The summed E-state index contributed by atoms with van der Waals surface area (Å²) in [5.41, 5.74) is 3.75. The number of rotatable bonds is 5. The van der Waals surface area contributed by atoms with Gasteiger partial charge in [0.05, 0.1) is 24.8 Å². The monoisotopic (exact) mass is 416 g/mol. The summed E-state index contributed by atoms with van der Waals surface area (Å²) < 4.78 is 11.9. The number of hydrogen-bond donors (Lipinski definition) is 1. The smallest absolute Gasteiger partial charge is 0.187 e. The van der Waals surface area contributed by atoms with Crippen LogP contribution in [0.3, 0.4) is 0 Å². The SMILES string of the molecule is COc1cc2c(cc1OC1CCCC1)/C(=C/C(=O)c1ccc(C#N)cc1)NC(C)(C)C2. The molecule has 2 aromatic rings. The first-order chi connectivity index (χ1) is 14.9. The number of carbonyl (C=O) groups is 1. The quantitative estimate of drug-likeness (QED) is 0.546. The largest absolute Gasteiger partial charge is 0.493 e. The third kappa shape index (κ3) is 4.59. The highest BCUT2D eigenvalue weighted by atomic mass is 16.5. The Morgan fingerprint density at radius 1 is 1.16 bits per heavy atom. The molecule has 0 atom stereocenters. The molecule has 2 aliphatic rings. The molecule has 160 valence electrons. The van der Waals surface area contributed by atoms with Gasteiger partial charge in [-0.25, -0.2) is 0 Å². The van der Waals surface area contributed by atoms with E-state index in [0.29, 0.717) is 11.1 Å². The molecule has 1 heterocycles. The average molecular weight is 417 g/mol. The van der Waals surface area contributed by atoms with E-state index in [4.69, 9.17) is 14.7 Å². The van der Waals surface area contributed by atoms with Gasteiger partial charge < -0.3 is 14.8 Å². The number of allylic oxidation sites excluding steroid dienone is 1. The number of ether oxygens (including phenoxy) is 2. The lowest BCUT2D eigenvalue weighted by Gasteiger charge is -2.36. The minimum atomic E-state index is -0.206. The summed E-state index contributed by atoms with van der Waals surface area (Å²) in [6.07, 6.45) is 7.18. The number of benzene rings is 2. The predicted molar refractivity (Wildman–Crippen MR) is 120 cm³/mol. The lowest BCUT2D eigenvalue weighted by molar-refractivity contribution is 0.104. The van der Waals surface area contributed by atoms with E-state index in [0.717, 1.165) is 47.6 Å². The van der Waals surface area contributed by atoms with Crippen LogP contribution in [-0.4, -0.2) is 24.5 Å². The van der Waals surface area contributed by atoms with Crippen LogP contribution in [0.2, 0.25) is 0 Å². The van der Waals surface area contributed by atoms with Crippen molar-refractivity contribution in [3.63, 3.8) is 0 Å². The molecular weight excluding hydrogens is 388 g/mol. The lowest BCUT2D eigenvalue weighted by atomic mass is 9.85. The van der Waals surface area contributed by atoms with Crippen molar-refractivity contribution in [1.29, 1.82) is 5.26 Å². The maximum atomic E-state index is 13.0. The molecule has 1 fully saturated rings. The van der Waals surface area contributed by atoms with Gasteiger partial charge in [0.1, 0.15) is 0 Å². The van der Waals surface area contributed by atoms with E-state index in [2.05, 4.69) is 25.2 Å². The Kier molecular flexibility index (Phi) is 5.73. The zero-order valence-electron chi connectivity index (χ0n) is 18.3. The number of fused-ring (bicyclic) bond motifs is 1. The van der Waals surface area contributed by atoms with E-state index in [-0.39, 0.29) is 17.4 Å². The van der Waals surface area contributed by atoms with E-state index in [1.165, 1.54) is 12.8 Å². The van der Waals surface area contributed by atoms with E-state index in [1.807, 2.05) is 12.1 Å². The van der Waals surface area contributed by atoms with Crippen molar-refractivity contribution < 1.29 is 14.3 Å². The third-order valence-corrected chi connectivity index (χ3v) is 5.95. The Morgan fingerprint density at radius 2 is 1.87 bits per heavy atom. The maximum Gasteiger partial charge on any atom is 0.187 e. The van der Waals surface area contributed by atoms with Crippen molar-refractivity contribution in [2.45, 2.75) is 57.6 Å². The molecule has 2 aromatic carbocycles. The summed E-state index contributed by atoms with van der Waals surface area (Å²) in [6.45, 7) is 4.23. The molecule has 1 aliphatic carbocycles. The van der Waals surface area contributed by atoms with E-state index in [1.54, 1.807) is 37.5 Å². The molecule has 1 saturated carbocycles. The van der Waals surface area contributed by atoms with Gasteiger partial charge in [-0.1, -0.05) is 0 Å². The number of ketones is 1. The normalized spacial score (nSPS) is 18.7. The predicted octanol–water partition coefficient (Wildman–Crippen LogP) is 5.04. The van der Waals surface area contributed by atoms with Gasteiger partial charge in [0.15, 0.2) is 17.3 Å². The van der Waals surface area contributed by atoms with Crippen molar-refractivity contribution in [2.24, 2.45) is 0 Å². The fraction of sp³-hybridized carbons (Fsp3) is 0.385. The molecule has 5 heteroatoms. The second-order valence-corrected chi connectivity index (χ2v) is 8.98. The Labute approximate surface area is 183 Å². The highest BCUT2D eigenvalue weighted by molar-refractivity contribution is 6.08. The molecule has 5 nitrogen and oxygen atoms in total. The fourth-order valence-corrected chi connectivity index (χ4v) is 4.43. The van der Waals surface area contributed by atoms with Crippen LogP contribution in [0.4, 0.5) is 0 Å². The number of nitrogens with one attached hydrogen (secondary N) is 1. The first-order valence-electron chi connectivity index (χ1n) is 10.8. The molecule has 0 unspecified atom stereocenters. The van der Waals surface area contributed by atoms with Crippen molar-refractivity contribution in [2.75, 3.05) is 7.11 Å². The zero-order valence-corrected chi connectivity index (χ0v) is 18.3. The molecule has 4 rings (SSSR count). The first kappa shape index (κ1) is 21.0. The molecule has 0 radical (unpaired) electrons. The molecule has 1 N–H and O–H groups in total. The van der Waals surface area contributed by atoms with Crippen LogP contribution in [0, 0.1) is 11.3 Å². The van der Waals surface area contributed by atoms with Gasteiger partial charge in [0.25, 0.3) is 0 Å². The number of nitriles is 1. The maximum absolute atomic E-state index is 13.0. The fourth-order valence-electron chi connectivity index (χ4n) is 4.43. The summed E-state index contributed by atoms with van der Waals surface area (Å²) >= 11 is 0. The molecule has 0 saturated heterocycles. The van der Waals surface area contributed by atoms with Crippen LogP contribution in [0.1, 0.15) is 66.6 Å². The van der Waals surface area contributed by atoms with Gasteiger partial charge >= 0.3 is 0 Å². The molecule has 0 bridgehead atoms. The van der Waals surface area contributed by atoms with Gasteiger partial charge in [-0.05, 0) is 87.9 Å². The van der Waals surface area contributed by atoms with Crippen LogP contribution < -0.4 is 14.8 Å². The Bertz CT molecular complexity index is 1060. The Morgan fingerprint density at radius 3 is 2.52 bits per heavy atom. The average Bonchev–Trinajstić information content (AvgIpc) is 3.26. The first-order valence-corrected chi connectivity index (χ1v) is 10.8. The summed E-state index contributed by atoms with van der Waals surface area (Å²) in [7, 11) is 1.67. The minimum absolute atomic E-state index is 0.107. The highest BCUT2D eigenvalue weighted by Crippen LogP contribution is 2.39. The van der Waals surface area contributed by atoms with Crippen molar-refractivity contribution in [3.8, 4) is 17.6 Å². The number of hydrogen-bond acceptors (Lipinski definition) is 5. The number of methoxy groups -OCH3 is 1. The van der Waals surface area contributed by atoms with E-state index >= 15 is 0 Å². The van der Waals surface area contributed by atoms with Crippen LogP contribution in [-0.2, 0) is 6.42 Å². The van der Waals surface area contributed by atoms with Crippen molar-refractivity contribution in [1.82, 2.24) is 5.32 Å². The van der Waals surface area contributed by atoms with Crippen LogP contribution in [0.5, 0.6) is 11.5 Å². The highest BCUT2D eigenvalue weighted by Gasteiger charge is 2.30. The van der Waals surface area contributed by atoms with Crippen LogP contribution in [0.15, 0.2) is 42.5 Å². The van der Waals surface area contributed by atoms with Gasteiger partial charge in [-0.3, -0.25) is 4.79 Å². The topological polar surface area (TPSA) is 71.3 Å². The molecule has 0 amide bonds. The summed E-state index contributed by atoms with van der Waals surface area (Å²) in [5.74, 6) is 1.36. The van der Waals surface area contributed by atoms with Crippen molar-refractivity contribution in [3.05, 3.63) is 64.7 Å².